The first kappa shape index (κ1) is 13.6. The zero-order chi connectivity index (χ0) is 13.5. The summed E-state index contributed by atoms with van der Waals surface area (Å²) in [4.78, 5) is 15.4. The van der Waals surface area contributed by atoms with Gasteiger partial charge in [-0.25, -0.2) is 4.98 Å². The number of halogens is 1. The lowest BCUT2D eigenvalue weighted by atomic mass is 10.2. The summed E-state index contributed by atoms with van der Waals surface area (Å²) in [7, 11) is 0. The van der Waals surface area contributed by atoms with E-state index in [0.717, 1.165) is 12.4 Å². The number of carbonyl (C=O) groups excluding carboxylic acids is 1. The molecule has 0 spiro atoms. The Labute approximate surface area is 117 Å². The van der Waals surface area contributed by atoms with E-state index in [2.05, 4.69) is 27.0 Å². The lowest BCUT2D eigenvalue weighted by molar-refractivity contribution is -0.118. The third-order valence-electron chi connectivity index (χ3n) is 2.79. The topological polar surface area (TPSA) is 46.9 Å². The number of benzene rings is 1. The van der Waals surface area contributed by atoms with E-state index < -0.39 is 0 Å². The Bertz CT molecular complexity index is 524. The van der Waals surface area contributed by atoms with Gasteiger partial charge in [-0.3, -0.25) is 4.79 Å². The predicted molar refractivity (Wildman–Crippen MR) is 75.2 cm³/mol. The fourth-order valence-corrected chi connectivity index (χ4v) is 1.95. The summed E-state index contributed by atoms with van der Waals surface area (Å²) in [5.74, 6) is 0.805. The highest BCUT2D eigenvalue weighted by Gasteiger charge is 2.04. The van der Waals surface area contributed by atoms with Crippen molar-refractivity contribution in [1.29, 1.82) is 0 Å². The number of hydrogen-bond donors (Lipinski definition) is 1. The molecular formula is C14H16ClN3O. The molecule has 0 aliphatic heterocycles. The Morgan fingerprint density at radius 2 is 2.11 bits per heavy atom. The molecule has 0 aliphatic rings. The first-order chi connectivity index (χ1) is 9.29. The van der Waals surface area contributed by atoms with E-state index in [-0.39, 0.29) is 11.8 Å². The van der Waals surface area contributed by atoms with E-state index in [0.29, 0.717) is 13.0 Å². The molecule has 0 saturated heterocycles. The molecule has 0 aliphatic carbocycles. The number of amides is 1. The average molecular weight is 278 g/mol. The fourth-order valence-electron chi connectivity index (χ4n) is 1.85. The molecule has 1 N–H and O–H groups in total. The van der Waals surface area contributed by atoms with E-state index in [4.69, 9.17) is 11.6 Å². The van der Waals surface area contributed by atoms with Crippen LogP contribution in [0.4, 0.5) is 0 Å². The highest BCUT2D eigenvalue weighted by molar-refractivity contribution is 6.27. The van der Waals surface area contributed by atoms with Crippen molar-refractivity contribution < 1.29 is 4.79 Å². The fraction of sp³-hybridized carbons (Fsp3) is 0.286. The molecule has 0 saturated carbocycles. The Kier molecular flexibility index (Phi) is 4.98. The van der Waals surface area contributed by atoms with Gasteiger partial charge in [-0.05, 0) is 5.56 Å². The van der Waals surface area contributed by atoms with E-state index in [9.17, 15) is 4.79 Å². The number of rotatable bonds is 6. The van der Waals surface area contributed by atoms with Gasteiger partial charge in [0.2, 0.25) is 5.91 Å². The molecule has 0 unspecified atom stereocenters. The molecule has 4 nitrogen and oxygen atoms in total. The minimum Gasteiger partial charge on any atom is -0.355 e. The van der Waals surface area contributed by atoms with Crippen LogP contribution >= 0.6 is 11.6 Å². The van der Waals surface area contributed by atoms with Crippen molar-refractivity contribution in [2.45, 2.75) is 13.0 Å². The third-order valence-corrected chi connectivity index (χ3v) is 3.03. The van der Waals surface area contributed by atoms with Gasteiger partial charge in [0, 0.05) is 31.9 Å². The summed E-state index contributed by atoms with van der Waals surface area (Å²) in [5.41, 5.74) is 1.23. The summed E-state index contributed by atoms with van der Waals surface area (Å²) in [5, 5.41) is 2.74. The van der Waals surface area contributed by atoms with Crippen molar-refractivity contribution in [3.8, 4) is 0 Å². The maximum absolute atomic E-state index is 11.0. The Balaban J connectivity index is 1.92. The highest BCUT2D eigenvalue weighted by atomic mass is 35.5. The van der Waals surface area contributed by atoms with Crippen molar-refractivity contribution in [1.82, 2.24) is 14.9 Å². The number of carbonyl (C=O) groups is 1. The Morgan fingerprint density at radius 1 is 1.32 bits per heavy atom. The number of imidazole rings is 1. The van der Waals surface area contributed by atoms with Crippen molar-refractivity contribution in [2.75, 3.05) is 12.4 Å². The van der Waals surface area contributed by atoms with Crippen LogP contribution in [0.1, 0.15) is 11.4 Å². The zero-order valence-electron chi connectivity index (χ0n) is 10.6. The molecule has 100 valence electrons. The Morgan fingerprint density at radius 3 is 2.84 bits per heavy atom. The summed E-state index contributed by atoms with van der Waals surface area (Å²) >= 11 is 5.42. The van der Waals surface area contributed by atoms with Crippen LogP contribution in [0.25, 0.3) is 0 Å². The van der Waals surface area contributed by atoms with Gasteiger partial charge in [0.05, 0.1) is 0 Å². The average Bonchev–Trinajstić information content (AvgIpc) is 2.87. The van der Waals surface area contributed by atoms with Crippen molar-refractivity contribution in [2.24, 2.45) is 0 Å². The number of nitrogens with one attached hydrogen (secondary N) is 1. The van der Waals surface area contributed by atoms with Crippen LogP contribution in [0.3, 0.4) is 0 Å². The minimum atomic E-state index is -0.150. The molecule has 1 aromatic carbocycles. The molecule has 0 atom stereocenters. The molecule has 2 rings (SSSR count). The SMILES string of the molecule is O=C(CCl)NCCc1nccn1Cc1ccccc1. The van der Waals surface area contributed by atoms with Gasteiger partial charge in [0.15, 0.2) is 0 Å². The molecule has 1 amide bonds. The van der Waals surface area contributed by atoms with E-state index in [1.165, 1.54) is 5.56 Å². The Hall–Kier alpha value is -1.81. The maximum Gasteiger partial charge on any atom is 0.234 e. The minimum absolute atomic E-state index is 0.00153. The maximum atomic E-state index is 11.0. The molecule has 5 heteroatoms. The normalized spacial score (nSPS) is 10.4. The largest absolute Gasteiger partial charge is 0.355 e. The number of alkyl halides is 1. The molecule has 1 heterocycles. The quantitative estimate of drug-likeness (QED) is 0.819. The van der Waals surface area contributed by atoms with Crippen molar-refractivity contribution in [3.63, 3.8) is 0 Å². The van der Waals surface area contributed by atoms with Crippen LogP contribution < -0.4 is 5.32 Å². The van der Waals surface area contributed by atoms with Crippen LogP contribution in [0, 0.1) is 0 Å². The zero-order valence-corrected chi connectivity index (χ0v) is 11.3. The van der Waals surface area contributed by atoms with Gasteiger partial charge in [0.1, 0.15) is 11.7 Å². The van der Waals surface area contributed by atoms with Crippen LogP contribution in [0.15, 0.2) is 42.7 Å². The molecule has 0 fully saturated rings. The number of aromatic nitrogens is 2. The summed E-state index contributed by atoms with van der Waals surface area (Å²) in [6.07, 6.45) is 4.43. The van der Waals surface area contributed by atoms with E-state index in [1.807, 2.05) is 24.4 Å². The van der Waals surface area contributed by atoms with Gasteiger partial charge in [0.25, 0.3) is 0 Å². The highest BCUT2D eigenvalue weighted by Crippen LogP contribution is 2.05. The molecule has 0 radical (unpaired) electrons. The number of nitrogens with zero attached hydrogens (tertiary/aromatic N) is 2. The predicted octanol–water partition coefficient (Wildman–Crippen LogP) is 1.83. The van der Waals surface area contributed by atoms with E-state index >= 15 is 0 Å². The first-order valence-electron chi connectivity index (χ1n) is 6.16. The summed E-state index contributed by atoms with van der Waals surface area (Å²) in [6.45, 7) is 1.34. The van der Waals surface area contributed by atoms with Crippen LogP contribution in [-0.2, 0) is 17.8 Å². The monoisotopic (exact) mass is 277 g/mol. The second-order valence-corrected chi connectivity index (χ2v) is 4.46. The van der Waals surface area contributed by atoms with Crippen molar-refractivity contribution >= 4 is 17.5 Å². The molecule has 19 heavy (non-hydrogen) atoms. The standard InChI is InChI=1S/C14H16ClN3O/c15-10-14(19)17-7-6-13-16-8-9-18(13)11-12-4-2-1-3-5-12/h1-5,8-9H,6-7,10-11H2,(H,17,19). The van der Waals surface area contributed by atoms with Crippen molar-refractivity contribution in [3.05, 3.63) is 54.1 Å². The summed E-state index contributed by atoms with van der Waals surface area (Å²) < 4.78 is 2.09. The smallest absolute Gasteiger partial charge is 0.234 e. The lowest BCUT2D eigenvalue weighted by Gasteiger charge is -2.08. The molecular weight excluding hydrogens is 262 g/mol. The third kappa shape index (κ3) is 4.10. The van der Waals surface area contributed by atoms with Gasteiger partial charge >= 0.3 is 0 Å². The second-order valence-electron chi connectivity index (χ2n) is 4.19. The molecule has 2 aromatic rings. The molecule has 1 aromatic heterocycles. The van der Waals surface area contributed by atoms with Crippen LogP contribution in [0.5, 0.6) is 0 Å². The van der Waals surface area contributed by atoms with Gasteiger partial charge in [-0.15, -0.1) is 11.6 Å². The van der Waals surface area contributed by atoms with Gasteiger partial charge in [-0.2, -0.15) is 0 Å². The summed E-state index contributed by atoms with van der Waals surface area (Å²) in [6, 6.07) is 10.2. The lowest BCUT2D eigenvalue weighted by Crippen LogP contribution is -2.27. The van der Waals surface area contributed by atoms with Gasteiger partial charge < -0.3 is 9.88 Å². The van der Waals surface area contributed by atoms with Crippen LogP contribution in [-0.4, -0.2) is 27.9 Å². The van der Waals surface area contributed by atoms with Crippen LogP contribution in [0.2, 0.25) is 0 Å². The van der Waals surface area contributed by atoms with Gasteiger partial charge in [-0.1, -0.05) is 30.3 Å². The first-order valence-corrected chi connectivity index (χ1v) is 6.69. The number of hydrogen-bond acceptors (Lipinski definition) is 2. The second kappa shape index (κ2) is 6.95. The van der Waals surface area contributed by atoms with E-state index in [1.54, 1.807) is 6.20 Å². The molecule has 0 bridgehead atoms.